The number of aliphatic carboxylic acids is 1. The van der Waals surface area contributed by atoms with E-state index < -0.39 is 5.97 Å². The number of hydrogen-bond donors (Lipinski definition) is 2. The lowest BCUT2D eigenvalue weighted by atomic mass is 10.2. The Bertz CT molecular complexity index is 542. The Balaban J connectivity index is 2.35. The Morgan fingerprint density at radius 1 is 1.38 bits per heavy atom. The molecule has 2 N–H and O–H groups in total. The van der Waals surface area contributed by atoms with Crippen LogP contribution < -0.4 is 5.32 Å². The highest BCUT2D eigenvalue weighted by Crippen LogP contribution is 2.22. The van der Waals surface area contributed by atoms with Gasteiger partial charge in [-0.2, -0.15) is 0 Å². The number of benzene rings is 1. The molecule has 0 saturated carbocycles. The Hall–Kier alpha value is -1.81. The molecule has 0 radical (unpaired) electrons. The van der Waals surface area contributed by atoms with E-state index in [1.54, 1.807) is 12.1 Å². The first-order valence-electron chi connectivity index (χ1n) is 4.68. The Kier molecular flexibility index (Phi) is 2.92. The van der Waals surface area contributed by atoms with E-state index in [9.17, 15) is 4.79 Å². The second-order valence-electron chi connectivity index (χ2n) is 3.26. The number of carboxylic acid groups (broad SMARTS) is 1. The number of carbonyl (C=O) groups is 1. The third kappa shape index (κ3) is 2.23. The molecule has 0 spiro atoms. The molecule has 4 nitrogen and oxygen atoms in total. The molecule has 1 aromatic carbocycles. The van der Waals surface area contributed by atoms with Gasteiger partial charge in [-0.05, 0) is 18.2 Å². The van der Waals surface area contributed by atoms with Crippen molar-refractivity contribution >= 4 is 34.3 Å². The molecule has 1 heterocycles. The van der Waals surface area contributed by atoms with Gasteiger partial charge in [-0.15, -0.1) is 0 Å². The maximum absolute atomic E-state index is 10.4. The zero-order chi connectivity index (χ0) is 11.5. The van der Waals surface area contributed by atoms with Crippen LogP contribution in [0.2, 0.25) is 5.02 Å². The first-order valence-corrected chi connectivity index (χ1v) is 5.05. The van der Waals surface area contributed by atoms with Crippen molar-refractivity contribution in [2.75, 3.05) is 11.9 Å². The first-order chi connectivity index (χ1) is 7.66. The predicted octanol–water partition coefficient (Wildman–Crippen LogP) is 2.38. The van der Waals surface area contributed by atoms with Crippen LogP contribution in [0.3, 0.4) is 0 Å². The number of anilines is 1. The van der Waals surface area contributed by atoms with Crippen molar-refractivity contribution in [2.45, 2.75) is 0 Å². The summed E-state index contributed by atoms with van der Waals surface area (Å²) in [7, 11) is 0. The number of halogens is 1. The average Bonchev–Trinajstić information content (AvgIpc) is 2.27. The molecule has 16 heavy (non-hydrogen) atoms. The first kappa shape index (κ1) is 10.7. The summed E-state index contributed by atoms with van der Waals surface area (Å²) < 4.78 is 0. The minimum absolute atomic E-state index is 0.164. The average molecular weight is 237 g/mol. The van der Waals surface area contributed by atoms with E-state index in [4.69, 9.17) is 16.7 Å². The smallest absolute Gasteiger partial charge is 0.322 e. The second-order valence-corrected chi connectivity index (χ2v) is 3.66. The highest BCUT2D eigenvalue weighted by atomic mass is 35.5. The summed E-state index contributed by atoms with van der Waals surface area (Å²) in [6.45, 7) is -0.164. The second kappa shape index (κ2) is 4.37. The predicted molar refractivity (Wildman–Crippen MR) is 62.9 cm³/mol. The summed E-state index contributed by atoms with van der Waals surface area (Å²) in [5.41, 5.74) is 0.666. The highest BCUT2D eigenvalue weighted by Gasteiger charge is 2.02. The maximum Gasteiger partial charge on any atom is 0.322 e. The number of fused-ring (bicyclic) bond motifs is 1. The lowest BCUT2D eigenvalue weighted by Crippen LogP contribution is -2.13. The molecular weight excluding hydrogens is 228 g/mol. The van der Waals surface area contributed by atoms with Crippen LogP contribution >= 0.6 is 11.6 Å². The van der Waals surface area contributed by atoms with Gasteiger partial charge < -0.3 is 10.4 Å². The van der Waals surface area contributed by atoms with Gasteiger partial charge >= 0.3 is 5.97 Å². The molecule has 0 amide bonds. The summed E-state index contributed by atoms with van der Waals surface area (Å²) in [5, 5.41) is 12.7. The van der Waals surface area contributed by atoms with Gasteiger partial charge in [0, 0.05) is 5.39 Å². The van der Waals surface area contributed by atoms with Crippen molar-refractivity contribution in [3.05, 3.63) is 35.4 Å². The number of aromatic nitrogens is 1. The largest absolute Gasteiger partial charge is 0.480 e. The van der Waals surface area contributed by atoms with E-state index in [2.05, 4.69) is 10.3 Å². The van der Waals surface area contributed by atoms with Gasteiger partial charge in [-0.3, -0.25) is 4.79 Å². The maximum atomic E-state index is 10.4. The molecule has 5 heteroatoms. The number of hydrogen-bond acceptors (Lipinski definition) is 3. The number of nitrogens with one attached hydrogen (secondary N) is 1. The van der Waals surface area contributed by atoms with Crippen molar-refractivity contribution in [2.24, 2.45) is 0 Å². The summed E-state index contributed by atoms with van der Waals surface area (Å²) in [4.78, 5) is 14.6. The van der Waals surface area contributed by atoms with Crippen LogP contribution in [0.5, 0.6) is 0 Å². The molecule has 0 unspecified atom stereocenters. The van der Waals surface area contributed by atoms with E-state index in [1.807, 2.05) is 18.2 Å². The van der Waals surface area contributed by atoms with E-state index in [0.29, 0.717) is 16.4 Å². The highest BCUT2D eigenvalue weighted by molar-refractivity contribution is 6.35. The number of rotatable bonds is 3. The van der Waals surface area contributed by atoms with Crippen molar-refractivity contribution in [1.29, 1.82) is 0 Å². The Labute approximate surface area is 96.9 Å². The quantitative estimate of drug-likeness (QED) is 0.859. The fourth-order valence-electron chi connectivity index (χ4n) is 1.38. The Morgan fingerprint density at radius 2 is 2.19 bits per heavy atom. The van der Waals surface area contributed by atoms with Gasteiger partial charge in [0.1, 0.15) is 12.4 Å². The molecule has 0 saturated heterocycles. The topological polar surface area (TPSA) is 62.2 Å². The summed E-state index contributed by atoms with van der Waals surface area (Å²) in [6.07, 6.45) is 0. The van der Waals surface area contributed by atoms with Crippen molar-refractivity contribution in [3.8, 4) is 0 Å². The fourth-order valence-corrected chi connectivity index (χ4v) is 1.60. The molecule has 0 aliphatic heterocycles. The van der Waals surface area contributed by atoms with Gasteiger partial charge in [0.15, 0.2) is 0 Å². The normalized spacial score (nSPS) is 10.3. The van der Waals surface area contributed by atoms with E-state index >= 15 is 0 Å². The zero-order valence-corrected chi connectivity index (χ0v) is 9.03. The molecule has 0 fully saturated rings. The summed E-state index contributed by atoms with van der Waals surface area (Å²) >= 11 is 5.99. The molecule has 0 aliphatic carbocycles. The molecule has 0 atom stereocenters. The van der Waals surface area contributed by atoms with Crippen molar-refractivity contribution < 1.29 is 9.90 Å². The van der Waals surface area contributed by atoms with Gasteiger partial charge in [-0.1, -0.05) is 23.7 Å². The zero-order valence-electron chi connectivity index (χ0n) is 8.27. The lowest BCUT2D eigenvalue weighted by molar-refractivity contribution is -0.134. The molecular formula is C11H9ClN2O2. The molecule has 2 rings (SSSR count). The minimum atomic E-state index is -0.930. The molecule has 0 aliphatic rings. The standard InChI is InChI=1S/C11H9ClN2O2/c12-8-3-1-2-7-4-5-9(14-11(7)8)13-6-10(15)16/h1-5H,6H2,(H,13,14)(H,15,16). The number of para-hydroxylation sites is 1. The van der Waals surface area contributed by atoms with Crippen LogP contribution in [-0.2, 0) is 4.79 Å². The van der Waals surface area contributed by atoms with Gasteiger partial charge in [0.05, 0.1) is 10.5 Å². The minimum Gasteiger partial charge on any atom is -0.480 e. The number of pyridine rings is 1. The third-order valence-corrected chi connectivity index (χ3v) is 2.40. The lowest BCUT2D eigenvalue weighted by Gasteiger charge is -2.04. The van der Waals surface area contributed by atoms with Crippen molar-refractivity contribution in [1.82, 2.24) is 4.98 Å². The van der Waals surface area contributed by atoms with Gasteiger partial charge in [0.25, 0.3) is 0 Å². The fraction of sp³-hybridized carbons (Fsp3) is 0.0909. The molecule has 0 bridgehead atoms. The molecule has 82 valence electrons. The van der Waals surface area contributed by atoms with Crippen LogP contribution in [0.25, 0.3) is 10.9 Å². The SMILES string of the molecule is O=C(O)CNc1ccc2cccc(Cl)c2n1. The van der Waals surface area contributed by atoms with Crippen LogP contribution in [0, 0.1) is 0 Å². The third-order valence-electron chi connectivity index (χ3n) is 2.09. The van der Waals surface area contributed by atoms with Gasteiger partial charge in [0.2, 0.25) is 0 Å². The summed E-state index contributed by atoms with van der Waals surface area (Å²) in [5.74, 6) is -0.427. The Morgan fingerprint density at radius 3 is 2.94 bits per heavy atom. The van der Waals surface area contributed by atoms with Crippen LogP contribution in [0.4, 0.5) is 5.82 Å². The van der Waals surface area contributed by atoms with Crippen molar-refractivity contribution in [3.63, 3.8) is 0 Å². The van der Waals surface area contributed by atoms with Crippen LogP contribution in [-0.4, -0.2) is 22.6 Å². The molecule has 1 aromatic heterocycles. The van der Waals surface area contributed by atoms with Gasteiger partial charge in [-0.25, -0.2) is 4.98 Å². The van der Waals surface area contributed by atoms with E-state index in [-0.39, 0.29) is 6.54 Å². The monoisotopic (exact) mass is 236 g/mol. The molecule has 2 aromatic rings. The van der Waals surface area contributed by atoms with Crippen LogP contribution in [0.15, 0.2) is 30.3 Å². The summed E-state index contributed by atoms with van der Waals surface area (Å²) in [6, 6.07) is 9.06. The number of nitrogens with zero attached hydrogens (tertiary/aromatic N) is 1. The van der Waals surface area contributed by atoms with E-state index in [0.717, 1.165) is 5.39 Å². The number of carboxylic acids is 1. The van der Waals surface area contributed by atoms with Crippen LogP contribution in [0.1, 0.15) is 0 Å². The van der Waals surface area contributed by atoms with E-state index in [1.165, 1.54) is 0 Å².